The van der Waals surface area contributed by atoms with E-state index in [1.165, 1.54) is 6.07 Å². The van der Waals surface area contributed by atoms with Crippen LogP contribution in [0.4, 0.5) is 24.5 Å². The van der Waals surface area contributed by atoms with Crippen molar-refractivity contribution in [3.8, 4) is 0 Å². The van der Waals surface area contributed by atoms with E-state index in [2.05, 4.69) is 10.6 Å². The summed E-state index contributed by atoms with van der Waals surface area (Å²) in [7, 11) is -5.46. The molecule has 0 fully saturated rings. The number of halogens is 3. The molecular weight excluding hydrogens is 321 g/mol. The lowest BCUT2D eigenvalue weighted by Gasteiger charge is -2.15. The third-order valence-corrected chi connectivity index (χ3v) is 4.21. The summed E-state index contributed by atoms with van der Waals surface area (Å²) in [5.74, 6) is -0.400. The van der Waals surface area contributed by atoms with Crippen molar-refractivity contribution in [2.75, 3.05) is 17.2 Å². The van der Waals surface area contributed by atoms with Crippen molar-refractivity contribution in [1.29, 1.82) is 0 Å². The van der Waals surface area contributed by atoms with Gasteiger partial charge < -0.3 is 10.6 Å². The van der Waals surface area contributed by atoms with E-state index >= 15 is 0 Å². The van der Waals surface area contributed by atoms with Crippen LogP contribution in [-0.4, -0.2) is 26.4 Å². The van der Waals surface area contributed by atoms with Gasteiger partial charge in [-0.15, -0.1) is 0 Å². The highest BCUT2D eigenvalue weighted by Gasteiger charge is 2.47. The van der Waals surface area contributed by atoms with Crippen molar-refractivity contribution < 1.29 is 26.4 Å². The smallest absolute Gasteiger partial charge is 0.384 e. The average molecular weight is 338 g/mol. The maximum Gasteiger partial charge on any atom is 0.501 e. The van der Waals surface area contributed by atoms with Crippen LogP contribution < -0.4 is 10.6 Å². The maximum absolute atomic E-state index is 12.6. The monoisotopic (exact) mass is 338 g/mol. The SMILES string of the molecule is CCCC(=O)Nc1cc(S(=O)(=O)C(F)(F)F)ccc1NCC. The molecule has 0 saturated carbocycles. The Morgan fingerprint density at radius 3 is 2.32 bits per heavy atom. The Morgan fingerprint density at radius 1 is 1.18 bits per heavy atom. The van der Waals surface area contributed by atoms with Crippen molar-refractivity contribution in [2.24, 2.45) is 0 Å². The van der Waals surface area contributed by atoms with Crippen molar-refractivity contribution >= 4 is 27.1 Å². The highest BCUT2D eigenvalue weighted by molar-refractivity contribution is 7.92. The third kappa shape index (κ3) is 4.12. The van der Waals surface area contributed by atoms with Gasteiger partial charge in [0.2, 0.25) is 5.91 Å². The predicted molar refractivity (Wildman–Crippen MR) is 77.4 cm³/mol. The topological polar surface area (TPSA) is 75.3 Å². The lowest BCUT2D eigenvalue weighted by atomic mass is 10.2. The number of amides is 1. The van der Waals surface area contributed by atoms with E-state index < -0.39 is 26.1 Å². The number of alkyl halides is 3. The number of anilines is 2. The zero-order valence-corrected chi connectivity index (χ0v) is 12.9. The van der Waals surface area contributed by atoms with Crippen LogP contribution in [0.5, 0.6) is 0 Å². The van der Waals surface area contributed by atoms with Crippen LogP contribution in [0.15, 0.2) is 23.1 Å². The van der Waals surface area contributed by atoms with Gasteiger partial charge in [0, 0.05) is 13.0 Å². The Bertz CT molecular complexity index is 642. The number of hydrogen-bond acceptors (Lipinski definition) is 4. The first-order valence-corrected chi connectivity index (χ1v) is 8.11. The molecule has 1 aromatic carbocycles. The molecule has 0 spiro atoms. The van der Waals surface area contributed by atoms with E-state index in [-0.39, 0.29) is 12.1 Å². The summed E-state index contributed by atoms with van der Waals surface area (Å²) in [6, 6.07) is 2.87. The number of rotatable bonds is 6. The first-order chi connectivity index (χ1) is 10.1. The zero-order chi connectivity index (χ0) is 17.0. The predicted octanol–water partition coefficient (Wildman–Crippen LogP) is 3.15. The number of hydrogen-bond donors (Lipinski definition) is 2. The number of nitrogens with one attached hydrogen (secondary N) is 2. The minimum absolute atomic E-state index is 0.00521. The largest absolute Gasteiger partial charge is 0.501 e. The molecule has 0 atom stereocenters. The Kier molecular flexibility index (Phi) is 5.81. The van der Waals surface area contributed by atoms with Crippen LogP contribution in [0, 0.1) is 0 Å². The number of carbonyl (C=O) groups is 1. The fourth-order valence-electron chi connectivity index (χ4n) is 1.71. The van der Waals surface area contributed by atoms with Crippen LogP contribution in [0.2, 0.25) is 0 Å². The molecule has 0 aromatic heterocycles. The average Bonchev–Trinajstić information content (AvgIpc) is 2.39. The van der Waals surface area contributed by atoms with E-state index in [0.29, 0.717) is 18.7 Å². The van der Waals surface area contributed by atoms with E-state index in [1.54, 1.807) is 13.8 Å². The highest BCUT2D eigenvalue weighted by atomic mass is 32.2. The number of sulfone groups is 1. The molecule has 2 N–H and O–H groups in total. The quantitative estimate of drug-likeness (QED) is 0.835. The first kappa shape index (κ1) is 18.3. The molecule has 9 heteroatoms. The molecule has 0 aliphatic heterocycles. The van der Waals surface area contributed by atoms with E-state index in [0.717, 1.165) is 12.1 Å². The van der Waals surface area contributed by atoms with Crippen LogP contribution in [0.3, 0.4) is 0 Å². The Hall–Kier alpha value is -1.77. The molecule has 0 saturated heterocycles. The van der Waals surface area contributed by atoms with E-state index in [9.17, 15) is 26.4 Å². The van der Waals surface area contributed by atoms with Gasteiger partial charge in [0.05, 0.1) is 16.3 Å². The molecule has 0 bridgehead atoms. The van der Waals surface area contributed by atoms with Crippen LogP contribution in [0.25, 0.3) is 0 Å². The summed E-state index contributed by atoms with van der Waals surface area (Å²) in [5, 5.41) is 5.28. The fraction of sp³-hybridized carbons (Fsp3) is 0.462. The second-order valence-corrected chi connectivity index (χ2v) is 6.43. The molecule has 1 amide bonds. The Balaban J connectivity index is 3.28. The van der Waals surface area contributed by atoms with E-state index in [1.807, 2.05) is 0 Å². The van der Waals surface area contributed by atoms with Gasteiger partial charge in [-0.05, 0) is 31.5 Å². The summed E-state index contributed by atoms with van der Waals surface area (Å²) in [4.78, 5) is 10.7. The maximum atomic E-state index is 12.6. The first-order valence-electron chi connectivity index (χ1n) is 6.62. The number of carbonyl (C=O) groups excluding carboxylic acids is 1. The third-order valence-electron chi connectivity index (χ3n) is 2.72. The Labute approximate surface area is 126 Å². The molecule has 0 unspecified atom stereocenters. The molecule has 1 rings (SSSR count). The molecule has 22 heavy (non-hydrogen) atoms. The van der Waals surface area contributed by atoms with Gasteiger partial charge in [0.15, 0.2) is 0 Å². The summed E-state index contributed by atoms with van der Waals surface area (Å²) in [6.07, 6.45) is 0.741. The van der Waals surface area contributed by atoms with Crippen molar-refractivity contribution in [1.82, 2.24) is 0 Å². The van der Waals surface area contributed by atoms with Crippen molar-refractivity contribution in [3.05, 3.63) is 18.2 Å². The van der Waals surface area contributed by atoms with E-state index in [4.69, 9.17) is 0 Å². The fourth-order valence-corrected chi connectivity index (χ4v) is 2.50. The van der Waals surface area contributed by atoms with Crippen LogP contribution in [0.1, 0.15) is 26.7 Å². The molecule has 0 aliphatic rings. The van der Waals surface area contributed by atoms with Gasteiger partial charge in [0.25, 0.3) is 9.84 Å². The minimum atomic E-state index is -5.46. The molecule has 0 radical (unpaired) electrons. The second-order valence-electron chi connectivity index (χ2n) is 4.49. The Morgan fingerprint density at radius 2 is 1.82 bits per heavy atom. The second kappa shape index (κ2) is 6.99. The van der Waals surface area contributed by atoms with Gasteiger partial charge in [-0.3, -0.25) is 4.79 Å². The molecule has 5 nitrogen and oxygen atoms in total. The molecule has 124 valence electrons. The van der Waals surface area contributed by atoms with Crippen molar-refractivity contribution in [2.45, 2.75) is 37.1 Å². The van der Waals surface area contributed by atoms with Crippen molar-refractivity contribution in [3.63, 3.8) is 0 Å². The lowest BCUT2D eigenvalue weighted by Crippen LogP contribution is -2.23. The zero-order valence-electron chi connectivity index (χ0n) is 12.1. The van der Waals surface area contributed by atoms with Gasteiger partial charge in [-0.25, -0.2) is 8.42 Å². The summed E-state index contributed by atoms with van der Waals surface area (Å²) >= 11 is 0. The molecule has 1 aromatic rings. The van der Waals surface area contributed by atoms with Crippen LogP contribution >= 0.6 is 0 Å². The highest BCUT2D eigenvalue weighted by Crippen LogP contribution is 2.33. The molecular formula is C13H17F3N2O3S. The number of benzene rings is 1. The summed E-state index contributed by atoms with van der Waals surface area (Å²) in [6.45, 7) is 4.00. The van der Waals surface area contributed by atoms with Crippen LogP contribution in [-0.2, 0) is 14.6 Å². The standard InChI is InChI=1S/C13H17F3N2O3S/c1-3-5-12(19)18-11-8-9(6-7-10(11)17-4-2)22(20,21)13(14,15)16/h6-8,17H,3-5H2,1-2H3,(H,18,19). The van der Waals surface area contributed by atoms with Gasteiger partial charge in [-0.1, -0.05) is 6.92 Å². The normalized spacial score (nSPS) is 12.0. The molecule has 0 heterocycles. The summed E-state index contributed by atoms with van der Waals surface area (Å²) < 4.78 is 60.6. The van der Waals surface area contributed by atoms with Gasteiger partial charge in [0.1, 0.15) is 0 Å². The van der Waals surface area contributed by atoms with Gasteiger partial charge in [-0.2, -0.15) is 13.2 Å². The van der Waals surface area contributed by atoms with Gasteiger partial charge >= 0.3 is 5.51 Å². The minimum Gasteiger partial charge on any atom is -0.384 e. The lowest BCUT2D eigenvalue weighted by molar-refractivity contribution is -0.116. The summed E-state index contributed by atoms with van der Waals surface area (Å²) in [5.41, 5.74) is -5.03. The molecule has 0 aliphatic carbocycles.